The van der Waals surface area contributed by atoms with Crippen LogP contribution in [0.15, 0.2) is 18.3 Å². The van der Waals surface area contributed by atoms with Crippen molar-refractivity contribution in [2.24, 2.45) is 0 Å². The zero-order valence-electron chi connectivity index (χ0n) is 14.1. The first kappa shape index (κ1) is 15.9. The van der Waals surface area contributed by atoms with Crippen LogP contribution >= 0.6 is 0 Å². The van der Waals surface area contributed by atoms with Crippen LogP contribution < -0.4 is 11.1 Å². The van der Waals surface area contributed by atoms with Crippen molar-refractivity contribution in [2.45, 2.75) is 70.2 Å². The van der Waals surface area contributed by atoms with Crippen molar-refractivity contribution in [3.05, 3.63) is 18.3 Å². The Hall–Kier alpha value is -1.98. The number of hydrogen-bond acceptors (Lipinski definition) is 5. The summed E-state index contributed by atoms with van der Waals surface area (Å²) in [6.07, 6.45) is 5.46. The molecular formula is C17H26N4O2. The maximum Gasteiger partial charge on any atom is 0.410 e. The lowest BCUT2D eigenvalue weighted by atomic mass is 9.97. The van der Waals surface area contributed by atoms with Gasteiger partial charge in [0.25, 0.3) is 0 Å². The van der Waals surface area contributed by atoms with E-state index in [9.17, 15) is 4.79 Å². The second kappa shape index (κ2) is 5.91. The van der Waals surface area contributed by atoms with Crippen molar-refractivity contribution in [1.29, 1.82) is 0 Å². The van der Waals surface area contributed by atoms with E-state index in [0.29, 0.717) is 11.7 Å². The number of nitrogen functional groups attached to an aromatic ring is 1. The molecule has 3 N–H and O–H groups in total. The summed E-state index contributed by atoms with van der Waals surface area (Å²) in [5.74, 6) is 0.739. The number of nitrogens with one attached hydrogen (secondary N) is 1. The maximum absolute atomic E-state index is 12.4. The monoisotopic (exact) mass is 318 g/mol. The van der Waals surface area contributed by atoms with Crippen LogP contribution in [-0.4, -0.2) is 39.7 Å². The molecule has 2 aliphatic heterocycles. The summed E-state index contributed by atoms with van der Waals surface area (Å²) in [7, 11) is 0. The predicted molar refractivity (Wildman–Crippen MR) is 90.2 cm³/mol. The van der Waals surface area contributed by atoms with Gasteiger partial charge in [0, 0.05) is 24.3 Å². The van der Waals surface area contributed by atoms with Crippen LogP contribution in [0.4, 0.5) is 16.3 Å². The molecule has 2 saturated heterocycles. The summed E-state index contributed by atoms with van der Waals surface area (Å²) in [4.78, 5) is 18.7. The first-order valence-electron chi connectivity index (χ1n) is 8.32. The lowest BCUT2D eigenvalue weighted by molar-refractivity contribution is 0.00683. The number of nitrogens with two attached hydrogens (primary N) is 1. The Morgan fingerprint density at radius 1 is 1.35 bits per heavy atom. The minimum atomic E-state index is -0.450. The summed E-state index contributed by atoms with van der Waals surface area (Å²) in [5, 5.41) is 3.44. The first-order valence-corrected chi connectivity index (χ1v) is 8.32. The molecule has 2 aliphatic rings. The number of rotatable bonds is 2. The van der Waals surface area contributed by atoms with E-state index < -0.39 is 5.60 Å². The minimum Gasteiger partial charge on any atom is -0.444 e. The van der Waals surface area contributed by atoms with E-state index in [4.69, 9.17) is 10.5 Å². The standard InChI is InChI=1S/C17H26N4O2/c1-17(2,3)23-16(22)21-12-6-7-13(21)10-11(9-12)20-15-14(18)5-4-8-19-15/h4-5,8,11-13H,6-7,9-10,18H2,1-3H3,(H,19,20)/t11?,12-,13+. The molecule has 6 heteroatoms. The largest absolute Gasteiger partial charge is 0.444 e. The minimum absolute atomic E-state index is 0.180. The number of ether oxygens (including phenoxy) is 1. The molecule has 0 spiro atoms. The lowest BCUT2D eigenvalue weighted by Crippen LogP contribution is -2.51. The van der Waals surface area contributed by atoms with Gasteiger partial charge in [0.15, 0.2) is 0 Å². The number of fused-ring (bicyclic) bond motifs is 2. The Balaban J connectivity index is 1.65. The van der Waals surface area contributed by atoms with Gasteiger partial charge in [0.1, 0.15) is 11.4 Å². The molecule has 23 heavy (non-hydrogen) atoms. The van der Waals surface area contributed by atoms with Crippen molar-refractivity contribution < 1.29 is 9.53 Å². The van der Waals surface area contributed by atoms with E-state index in [1.807, 2.05) is 37.8 Å². The van der Waals surface area contributed by atoms with Crippen molar-refractivity contribution in [2.75, 3.05) is 11.1 Å². The summed E-state index contributed by atoms with van der Waals surface area (Å²) < 4.78 is 5.56. The highest BCUT2D eigenvalue weighted by atomic mass is 16.6. The van der Waals surface area contributed by atoms with Gasteiger partial charge in [-0.1, -0.05) is 0 Å². The first-order chi connectivity index (χ1) is 10.8. The topological polar surface area (TPSA) is 80.5 Å². The van der Waals surface area contributed by atoms with E-state index in [2.05, 4.69) is 10.3 Å². The van der Waals surface area contributed by atoms with Gasteiger partial charge in [-0.2, -0.15) is 0 Å². The second-order valence-electron chi connectivity index (χ2n) is 7.53. The summed E-state index contributed by atoms with van der Waals surface area (Å²) in [5.41, 5.74) is 6.17. The molecular weight excluding hydrogens is 292 g/mol. The molecule has 1 aromatic heterocycles. The van der Waals surface area contributed by atoms with Gasteiger partial charge in [-0.05, 0) is 58.6 Å². The van der Waals surface area contributed by atoms with Crippen molar-refractivity contribution >= 4 is 17.6 Å². The highest BCUT2D eigenvalue weighted by Gasteiger charge is 2.44. The molecule has 3 rings (SSSR count). The number of nitrogens with zero attached hydrogens (tertiary/aromatic N) is 2. The average molecular weight is 318 g/mol. The summed E-state index contributed by atoms with van der Waals surface area (Å²) in [6.45, 7) is 5.72. The molecule has 126 valence electrons. The van der Waals surface area contributed by atoms with Gasteiger partial charge in [0.05, 0.1) is 5.69 Å². The highest BCUT2D eigenvalue weighted by Crippen LogP contribution is 2.38. The molecule has 6 nitrogen and oxygen atoms in total. The fourth-order valence-electron chi connectivity index (χ4n) is 3.64. The Morgan fingerprint density at radius 3 is 2.57 bits per heavy atom. The average Bonchev–Trinajstić information content (AvgIpc) is 2.72. The van der Waals surface area contributed by atoms with E-state index in [1.54, 1.807) is 6.20 Å². The normalized spacial score (nSPS) is 26.9. The Labute approximate surface area is 137 Å². The number of anilines is 2. The third-order valence-electron chi connectivity index (χ3n) is 4.52. The predicted octanol–water partition coefficient (Wildman–Crippen LogP) is 3.01. The van der Waals surface area contributed by atoms with E-state index in [-0.39, 0.29) is 18.2 Å². The number of aromatic nitrogens is 1. The number of piperidine rings is 1. The van der Waals surface area contributed by atoms with Gasteiger partial charge in [0.2, 0.25) is 0 Å². The van der Waals surface area contributed by atoms with Crippen LogP contribution in [0.2, 0.25) is 0 Å². The molecule has 1 unspecified atom stereocenters. The second-order valence-corrected chi connectivity index (χ2v) is 7.53. The van der Waals surface area contributed by atoms with Gasteiger partial charge >= 0.3 is 6.09 Å². The molecule has 2 bridgehead atoms. The van der Waals surface area contributed by atoms with Gasteiger partial charge in [-0.15, -0.1) is 0 Å². The van der Waals surface area contributed by atoms with E-state index in [1.165, 1.54) is 0 Å². The SMILES string of the molecule is CC(C)(C)OC(=O)N1[C@@H]2CC[C@H]1CC(Nc1ncccc1N)C2. The van der Waals surface area contributed by atoms with Crippen molar-refractivity contribution in [1.82, 2.24) is 9.88 Å². The number of hydrogen-bond donors (Lipinski definition) is 2. The molecule has 3 atom stereocenters. The maximum atomic E-state index is 12.4. The fraction of sp³-hybridized carbons (Fsp3) is 0.647. The third-order valence-corrected chi connectivity index (χ3v) is 4.52. The van der Waals surface area contributed by atoms with Crippen molar-refractivity contribution in [3.8, 4) is 0 Å². The van der Waals surface area contributed by atoms with Gasteiger partial charge in [-0.3, -0.25) is 0 Å². The van der Waals surface area contributed by atoms with Crippen LogP contribution in [0.3, 0.4) is 0 Å². The van der Waals surface area contributed by atoms with Crippen LogP contribution in [0.25, 0.3) is 0 Å². The van der Waals surface area contributed by atoms with Gasteiger partial charge in [-0.25, -0.2) is 9.78 Å². The highest BCUT2D eigenvalue weighted by molar-refractivity contribution is 5.70. The molecule has 2 fully saturated rings. The Morgan fingerprint density at radius 2 is 2.00 bits per heavy atom. The molecule has 0 aliphatic carbocycles. The van der Waals surface area contributed by atoms with E-state index in [0.717, 1.165) is 31.5 Å². The quantitative estimate of drug-likeness (QED) is 0.876. The summed E-state index contributed by atoms with van der Waals surface area (Å²) in [6, 6.07) is 4.45. The van der Waals surface area contributed by atoms with E-state index >= 15 is 0 Å². The van der Waals surface area contributed by atoms with Gasteiger partial charge < -0.3 is 20.7 Å². The molecule has 0 radical (unpaired) electrons. The van der Waals surface area contributed by atoms with Crippen molar-refractivity contribution in [3.63, 3.8) is 0 Å². The number of amides is 1. The molecule has 0 aromatic carbocycles. The van der Waals surface area contributed by atoms with Crippen LogP contribution in [-0.2, 0) is 4.74 Å². The zero-order chi connectivity index (χ0) is 16.6. The zero-order valence-corrected chi connectivity index (χ0v) is 14.1. The smallest absolute Gasteiger partial charge is 0.410 e. The Bertz CT molecular complexity index is 570. The number of carbonyl (C=O) groups excluding carboxylic acids is 1. The van der Waals surface area contributed by atoms with Crippen LogP contribution in [0.5, 0.6) is 0 Å². The van der Waals surface area contributed by atoms with Crippen LogP contribution in [0.1, 0.15) is 46.5 Å². The van der Waals surface area contributed by atoms with Crippen LogP contribution in [0, 0.1) is 0 Å². The third kappa shape index (κ3) is 3.51. The molecule has 1 aromatic rings. The molecule has 3 heterocycles. The summed E-state index contributed by atoms with van der Waals surface area (Å²) >= 11 is 0. The Kier molecular flexibility index (Phi) is 4.08. The lowest BCUT2D eigenvalue weighted by Gasteiger charge is -2.39. The number of carbonyl (C=O) groups is 1. The molecule has 1 amide bonds. The number of pyridine rings is 1. The molecule has 0 saturated carbocycles. The fourth-order valence-corrected chi connectivity index (χ4v) is 3.64.